The first-order chi connectivity index (χ1) is 9.66. The second-order valence-electron chi connectivity index (χ2n) is 5.08. The molecule has 2 aliphatic rings. The van der Waals surface area contributed by atoms with Crippen LogP contribution in [-0.4, -0.2) is 17.4 Å². The highest BCUT2D eigenvalue weighted by atomic mass is 16.5. The predicted molar refractivity (Wildman–Crippen MR) is 76.6 cm³/mol. The Labute approximate surface area is 115 Å². The number of fused-ring (bicyclic) bond motifs is 2. The molecule has 1 atom stereocenters. The van der Waals surface area contributed by atoms with Gasteiger partial charge in [0, 0.05) is 18.2 Å². The van der Waals surface area contributed by atoms with Crippen molar-refractivity contribution in [2.75, 3.05) is 11.9 Å². The Morgan fingerprint density at radius 1 is 1.30 bits per heavy atom. The Morgan fingerprint density at radius 2 is 2.20 bits per heavy atom. The maximum Gasteiger partial charge on any atom is 0.212 e. The third kappa shape index (κ3) is 1.51. The molecule has 6 N–H and O–H groups in total. The Morgan fingerprint density at radius 3 is 3.10 bits per heavy atom. The SMILES string of the molecule is NC1=NC(N)(c2ccc3c(c2)CCO3)Nc2[nH]ccc21. The van der Waals surface area contributed by atoms with Crippen LogP contribution >= 0.6 is 0 Å². The molecule has 0 radical (unpaired) electrons. The zero-order chi connectivity index (χ0) is 13.7. The number of nitrogens with one attached hydrogen (secondary N) is 2. The Bertz CT molecular complexity index is 720. The van der Waals surface area contributed by atoms with Gasteiger partial charge in [0.05, 0.1) is 12.2 Å². The van der Waals surface area contributed by atoms with Crippen LogP contribution in [-0.2, 0) is 12.2 Å². The van der Waals surface area contributed by atoms with E-state index in [1.165, 1.54) is 0 Å². The normalized spacial score (nSPS) is 23.4. The molecule has 1 aromatic carbocycles. The zero-order valence-electron chi connectivity index (χ0n) is 10.8. The number of benzene rings is 1. The molecule has 0 bridgehead atoms. The van der Waals surface area contributed by atoms with Gasteiger partial charge in [-0.2, -0.15) is 0 Å². The van der Waals surface area contributed by atoms with Crippen LogP contribution in [0.2, 0.25) is 0 Å². The summed E-state index contributed by atoms with van der Waals surface area (Å²) in [5.74, 6) is 1.08. The van der Waals surface area contributed by atoms with Crippen LogP contribution in [0, 0.1) is 0 Å². The van der Waals surface area contributed by atoms with Crippen molar-refractivity contribution in [3.63, 3.8) is 0 Å². The van der Waals surface area contributed by atoms with E-state index in [0.717, 1.165) is 41.3 Å². The second kappa shape index (κ2) is 3.77. The number of hydrogen-bond donors (Lipinski definition) is 4. The highest BCUT2D eigenvalue weighted by molar-refractivity contribution is 6.03. The van der Waals surface area contributed by atoms with Crippen molar-refractivity contribution >= 4 is 11.7 Å². The second-order valence-corrected chi connectivity index (χ2v) is 5.08. The number of nitrogens with two attached hydrogens (primary N) is 2. The molecule has 0 spiro atoms. The van der Waals surface area contributed by atoms with Gasteiger partial charge in [0.25, 0.3) is 0 Å². The van der Waals surface area contributed by atoms with Gasteiger partial charge in [0.15, 0.2) is 0 Å². The number of H-pyrrole nitrogens is 1. The Hall–Kier alpha value is -2.47. The van der Waals surface area contributed by atoms with Crippen LogP contribution in [0.5, 0.6) is 5.75 Å². The summed E-state index contributed by atoms with van der Waals surface area (Å²) in [6.45, 7) is 0.718. The molecule has 102 valence electrons. The molecule has 0 aliphatic carbocycles. The maximum atomic E-state index is 6.40. The van der Waals surface area contributed by atoms with E-state index in [1.54, 1.807) is 0 Å². The van der Waals surface area contributed by atoms with Crippen LogP contribution in [0.4, 0.5) is 5.82 Å². The first-order valence-corrected chi connectivity index (χ1v) is 6.52. The summed E-state index contributed by atoms with van der Waals surface area (Å²) in [5, 5.41) is 3.21. The molecule has 0 saturated carbocycles. The highest BCUT2D eigenvalue weighted by Crippen LogP contribution is 2.33. The van der Waals surface area contributed by atoms with Crippen LogP contribution in [0.1, 0.15) is 16.7 Å². The van der Waals surface area contributed by atoms with Gasteiger partial charge >= 0.3 is 0 Å². The van der Waals surface area contributed by atoms with Crippen molar-refractivity contribution in [2.24, 2.45) is 16.5 Å². The lowest BCUT2D eigenvalue weighted by Crippen LogP contribution is -2.47. The predicted octanol–water partition coefficient (Wildman–Crippen LogP) is 0.850. The summed E-state index contributed by atoms with van der Waals surface area (Å²) in [5.41, 5.74) is 15.3. The largest absolute Gasteiger partial charge is 0.493 e. The molecule has 6 heteroatoms. The molecule has 0 amide bonds. The van der Waals surface area contributed by atoms with E-state index >= 15 is 0 Å². The zero-order valence-corrected chi connectivity index (χ0v) is 10.8. The Kier molecular flexibility index (Phi) is 2.14. The lowest BCUT2D eigenvalue weighted by molar-refractivity contribution is 0.356. The number of ether oxygens (including phenoxy) is 1. The third-order valence-electron chi connectivity index (χ3n) is 3.76. The number of amidine groups is 1. The van der Waals surface area contributed by atoms with E-state index in [4.69, 9.17) is 16.2 Å². The summed E-state index contributed by atoms with van der Waals surface area (Å²) in [7, 11) is 0. The number of hydrogen-bond acceptors (Lipinski definition) is 5. The summed E-state index contributed by atoms with van der Waals surface area (Å²) in [6.07, 6.45) is 2.70. The van der Waals surface area contributed by atoms with Gasteiger partial charge in [-0.3, -0.25) is 5.73 Å². The number of rotatable bonds is 1. The molecule has 2 aliphatic heterocycles. The lowest BCUT2D eigenvalue weighted by Gasteiger charge is -2.31. The first kappa shape index (κ1) is 11.4. The summed E-state index contributed by atoms with van der Waals surface area (Å²) < 4.78 is 5.51. The summed E-state index contributed by atoms with van der Waals surface area (Å²) in [4.78, 5) is 7.51. The Balaban J connectivity index is 1.80. The monoisotopic (exact) mass is 269 g/mol. The van der Waals surface area contributed by atoms with Gasteiger partial charge in [0.1, 0.15) is 17.4 Å². The number of aliphatic imine (C=N–C) groups is 1. The molecule has 0 saturated heterocycles. The molecule has 0 fully saturated rings. The van der Waals surface area contributed by atoms with Gasteiger partial charge in [-0.05, 0) is 29.8 Å². The van der Waals surface area contributed by atoms with E-state index in [1.807, 2.05) is 30.5 Å². The molecule has 1 unspecified atom stereocenters. The minimum absolute atomic E-state index is 0.430. The van der Waals surface area contributed by atoms with Crippen molar-refractivity contribution < 1.29 is 4.74 Å². The minimum Gasteiger partial charge on any atom is -0.493 e. The topological polar surface area (TPSA) is 101 Å². The molecular weight excluding hydrogens is 254 g/mol. The minimum atomic E-state index is -1.06. The molecule has 6 nitrogen and oxygen atoms in total. The van der Waals surface area contributed by atoms with Gasteiger partial charge in [0.2, 0.25) is 5.79 Å². The van der Waals surface area contributed by atoms with Crippen molar-refractivity contribution in [3.8, 4) is 5.75 Å². The van der Waals surface area contributed by atoms with E-state index in [0.29, 0.717) is 5.84 Å². The summed E-state index contributed by atoms with van der Waals surface area (Å²) in [6, 6.07) is 7.75. The van der Waals surface area contributed by atoms with Crippen molar-refractivity contribution in [2.45, 2.75) is 12.2 Å². The number of nitrogens with zero attached hydrogens (tertiary/aromatic N) is 1. The number of aromatic nitrogens is 1. The molecule has 4 rings (SSSR count). The fraction of sp³-hybridized carbons (Fsp3) is 0.214. The van der Waals surface area contributed by atoms with Gasteiger partial charge in [-0.25, -0.2) is 4.99 Å². The molecule has 2 aromatic rings. The quantitative estimate of drug-likeness (QED) is 0.616. The number of aromatic amines is 1. The molecule has 1 aromatic heterocycles. The molecule has 20 heavy (non-hydrogen) atoms. The van der Waals surface area contributed by atoms with Crippen molar-refractivity contribution in [1.82, 2.24) is 4.98 Å². The average Bonchev–Trinajstić information content (AvgIpc) is 3.05. The van der Waals surface area contributed by atoms with Crippen LogP contribution < -0.4 is 21.5 Å². The highest BCUT2D eigenvalue weighted by Gasteiger charge is 2.33. The third-order valence-corrected chi connectivity index (χ3v) is 3.76. The van der Waals surface area contributed by atoms with E-state index < -0.39 is 5.79 Å². The van der Waals surface area contributed by atoms with Crippen LogP contribution in [0.3, 0.4) is 0 Å². The molecular formula is C14H15N5O. The van der Waals surface area contributed by atoms with E-state index in [9.17, 15) is 0 Å². The first-order valence-electron chi connectivity index (χ1n) is 6.52. The summed E-state index contributed by atoms with van der Waals surface area (Å²) >= 11 is 0. The van der Waals surface area contributed by atoms with Crippen molar-refractivity contribution in [3.05, 3.63) is 47.2 Å². The van der Waals surface area contributed by atoms with E-state index in [-0.39, 0.29) is 0 Å². The van der Waals surface area contributed by atoms with Crippen LogP contribution in [0.15, 0.2) is 35.5 Å². The van der Waals surface area contributed by atoms with Crippen LogP contribution in [0.25, 0.3) is 0 Å². The van der Waals surface area contributed by atoms with Crippen molar-refractivity contribution in [1.29, 1.82) is 0 Å². The number of anilines is 1. The molecule has 3 heterocycles. The maximum absolute atomic E-state index is 6.40. The van der Waals surface area contributed by atoms with Gasteiger partial charge in [-0.1, -0.05) is 0 Å². The fourth-order valence-electron chi connectivity index (χ4n) is 2.72. The van der Waals surface area contributed by atoms with E-state index in [2.05, 4.69) is 15.3 Å². The van der Waals surface area contributed by atoms with Gasteiger partial charge in [-0.15, -0.1) is 0 Å². The average molecular weight is 269 g/mol. The standard InChI is InChI=1S/C14H15N5O/c15-12-10-3-5-17-13(10)19-14(16,18-12)9-1-2-11-8(7-9)4-6-20-11/h1-3,5,7,17,19H,4,6,16H2,(H2,15,18). The fourth-order valence-corrected chi connectivity index (χ4v) is 2.72. The lowest BCUT2D eigenvalue weighted by atomic mass is 10.0. The van der Waals surface area contributed by atoms with Gasteiger partial charge < -0.3 is 20.8 Å². The smallest absolute Gasteiger partial charge is 0.212 e.